The highest BCUT2D eigenvalue weighted by Crippen LogP contribution is 2.43. The summed E-state index contributed by atoms with van der Waals surface area (Å²) < 4.78 is 5.20. The molecule has 1 unspecified atom stereocenters. The molecule has 24 heavy (non-hydrogen) atoms. The third kappa shape index (κ3) is 2.54. The van der Waals surface area contributed by atoms with Gasteiger partial charge in [-0.25, -0.2) is 0 Å². The summed E-state index contributed by atoms with van der Waals surface area (Å²) in [4.78, 5) is 12.9. The molecule has 2 N–H and O–H groups in total. The minimum Gasteiger partial charge on any atom is -0.497 e. The molecule has 1 aliphatic rings. The zero-order chi connectivity index (χ0) is 17.3. The predicted octanol–water partition coefficient (Wildman–Crippen LogP) is 4.15. The molecule has 0 saturated heterocycles. The van der Waals surface area contributed by atoms with Gasteiger partial charge in [0.2, 0.25) is 0 Å². The second kappa shape index (κ2) is 6.04. The number of benzene rings is 2. The first-order valence-electron chi connectivity index (χ1n) is 7.96. The van der Waals surface area contributed by atoms with Crippen molar-refractivity contribution in [2.45, 2.75) is 25.8 Å². The number of rotatable bonds is 5. The van der Waals surface area contributed by atoms with Crippen LogP contribution in [0.4, 0.5) is 11.4 Å². The number of aryl methyl sites for hydroxylation is 2. The van der Waals surface area contributed by atoms with Gasteiger partial charge in [0, 0.05) is 23.4 Å². The van der Waals surface area contributed by atoms with Crippen molar-refractivity contribution in [3.63, 3.8) is 0 Å². The van der Waals surface area contributed by atoms with Crippen molar-refractivity contribution in [1.82, 2.24) is 0 Å². The van der Waals surface area contributed by atoms with Gasteiger partial charge >= 0.3 is 0 Å². The minimum atomic E-state index is -0.845. The van der Waals surface area contributed by atoms with Crippen LogP contribution in [0.3, 0.4) is 0 Å². The van der Waals surface area contributed by atoms with E-state index in [1.807, 2.05) is 38.1 Å². The topological polar surface area (TPSA) is 50.4 Å². The van der Waals surface area contributed by atoms with Crippen LogP contribution in [-0.4, -0.2) is 13.0 Å². The second-order valence-electron chi connectivity index (χ2n) is 6.21. The zero-order valence-corrected chi connectivity index (χ0v) is 14.3. The number of anilines is 2. The van der Waals surface area contributed by atoms with E-state index in [0.29, 0.717) is 6.42 Å². The molecular formula is C20H22N2O2. The maximum absolute atomic E-state index is 12.9. The van der Waals surface area contributed by atoms with Gasteiger partial charge in [-0.05, 0) is 43.7 Å². The molecule has 0 aliphatic carbocycles. The lowest BCUT2D eigenvalue weighted by Crippen LogP contribution is -2.41. The van der Waals surface area contributed by atoms with E-state index in [1.165, 1.54) is 0 Å². The Bertz CT molecular complexity index is 796. The Morgan fingerprint density at radius 3 is 2.58 bits per heavy atom. The summed E-state index contributed by atoms with van der Waals surface area (Å²) in [6.07, 6.45) is 2.28. The third-order valence-corrected chi connectivity index (χ3v) is 4.46. The molecule has 4 heteroatoms. The molecule has 1 amide bonds. The van der Waals surface area contributed by atoms with Crippen molar-refractivity contribution < 1.29 is 9.53 Å². The number of nitrogens with one attached hydrogen (secondary N) is 2. The van der Waals surface area contributed by atoms with E-state index in [0.717, 1.165) is 33.8 Å². The van der Waals surface area contributed by atoms with Crippen LogP contribution in [-0.2, 0) is 10.3 Å². The average Bonchev–Trinajstić information content (AvgIpc) is 2.82. The molecule has 0 spiro atoms. The van der Waals surface area contributed by atoms with Gasteiger partial charge in [-0.2, -0.15) is 0 Å². The van der Waals surface area contributed by atoms with Crippen molar-refractivity contribution in [3.8, 4) is 5.75 Å². The Hall–Kier alpha value is -2.75. The molecule has 3 rings (SSSR count). The Labute approximate surface area is 142 Å². The maximum atomic E-state index is 12.9. The number of methoxy groups -OCH3 is 1. The summed E-state index contributed by atoms with van der Waals surface area (Å²) in [5, 5.41) is 6.47. The lowest BCUT2D eigenvalue weighted by molar-refractivity contribution is -0.119. The minimum absolute atomic E-state index is 0.0538. The summed E-state index contributed by atoms with van der Waals surface area (Å²) in [7, 11) is 1.63. The SMILES string of the molecule is C=CCC1(Nc2ccc(OC)cc2)C(=O)Nc2c(C)cc(C)cc21. The van der Waals surface area contributed by atoms with Crippen LogP contribution in [0, 0.1) is 13.8 Å². The first kappa shape index (κ1) is 16.1. The van der Waals surface area contributed by atoms with Crippen molar-refractivity contribution >= 4 is 17.3 Å². The molecule has 0 radical (unpaired) electrons. The summed E-state index contributed by atoms with van der Waals surface area (Å²) in [5.41, 5.74) is 4.09. The van der Waals surface area contributed by atoms with Crippen LogP contribution < -0.4 is 15.4 Å². The average molecular weight is 322 g/mol. The number of hydrogen-bond donors (Lipinski definition) is 2. The first-order valence-corrected chi connectivity index (χ1v) is 7.96. The fourth-order valence-corrected chi connectivity index (χ4v) is 3.33. The lowest BCUT2D eigenvalue weighted by Gasteiger charge is -2.29. The molecule has 0 fully saturated rings. The molecule has 2 aromatic carbocycles. The van der Waals surface area contributed by atoms with E-state index in [1.54, 1.807) is 13.2 Å². The van der Waals surface area contributed by atoms with Crippen LogP contribution in [0.1, 0.15) is 23.1 Å². The predicted molar refractivity (Wildman–Crippen MR) is 97.7 cm³/mol. The van der Waals surface area contributed by atoms with Crippen molar-refractivity contribution in [2.75, 3.05) is 17.7 Å². The Balaban J connectivity index is 2.09. The highest BCUT2D eigenvalue weighted by atomic mass is 16.5. The van der Waals surface area contributed by atoms with Gasteiger partial charge in [0.25, 0.3) is 5.91 Å². The van der Waals surface area contributed by atoms with E-state index in [2.05, 4.69) is 29.3 Å². The molecule has 0 saturated carbocycles. The van der Waals surface area contributed by atoms with E-state index < -0.39 is 5.54 Å². The highest BCUT2D eigenvalue weighted by Gasteiger charge is 2.46. The van der Waals surface area contributed by atoms with Gasteiger partial charge in [-0.15, -0.1) is 6.58 Å². The number of carbonyl (C=O) groups is 1. The smallest absolute Gasteiger partial charge is 0.255 e. The van der Waals surface area contributed by atoms with Crippen LogP contribution in [0.5, 0.6) is 5.75 Å². The standard InChI is InChI=1S/C20H22N2O2/c1-5-10-20(22-15-6-8-16(24-4)9-7-15)17-12-13(2)11-14(3)18(17)21-19(20)23/h5-9,11-12,22H,1,10H2,2-4H3,(H,21,23). The van der Waals surface area contributed by atoms with E-state index in [4.69, 9.17) is 4.74 Å². The van der Waals surface area contributed by atoms with Gasteiger partial charge in [0.05, 0.1) is 7.11 Å². The fraction of sp³-hybridized carbons (Fsp3) is 0.250. The third-order valence-electron chi connectivity index (χ3n) is 4.46. The number of fused-ring (bicyclic) bond motifs is 1. The van der Waals surface area contributed by atoms with Crippen molar-refractivity contribution in [2.24, 2.45) is 0 Å². The zero-order valence-electron chi connectivity index (χ0n) is 14.3. The maximum Gasteiger partial charge on any atom is 0.255 e. The van der Waals surface area contributed by atoms with E-state index in [9.17, 15) is 4.79 Å². The molecule has 0 bridgehead atoms. The Morgan fingerprint density at radius 1 is 1.25 bits per heavy atom. The number of hydrogen-bond acceptors (Lipinski definition) is 3. The van der Waals surface area contributed by atoms with Gasteiger partial charge in [0.1, 0.15) is 11.3 Å². The van der Waals surface area contributed by atoms with Crippen LogP contribution in [0.15, 0.2) is 49.1 Å². The quantitative estimate of drug-likeness (QED) is 0.813. The Morgan fingerprint density at radius 2 is 1.96 bits per heavy atom. The molecule has 0 aromatic heterocycles. The van der Waals surface area contributed by atoms with Gasteiger partial charge in [0.15, 0.2) is 0 Å². The summed E-state index contributed by atoms with van der Waals surface area (Å²) >= 11 is 0. The lowest BCUT2D eigenvalue weighted by atomic mass is 9.85. The van der Waals surface area contributed by atoms with Gasteiger partial charge in [-0.3, -0.25) is 4.79 Å². The van der Waals surface area contributed by atoms with Crippen LogP contribution in [0.25, 0.3) is 0 Å². The molecule has 1 heterocycles. The second-order valence-corrected chi connectivity index (χ2v) is 6.21. The number of carbonyl (C=O) groups excluding carboxylic acids is 1. The molecule has 124 valence electrons. The molecule has 1 aliphatic heterocycles. The van der Waals surface area contributed by atoms with Crippen LogP contribution in [0.2, 0.25) is 0 Å². The summed E-state index contributed by atoms with van der Waals surface area (Å²) in [6.45, 7) is 7.91. The number of amides is 1. The van der Waals surface area contributed by atoms with E-state index >= 15 is 0 Å². The fourth-order valence-electron chi connectivity index (χ4n) is 3.33. The molecular weight excluding hydrogens is 300 g/mol. The monoisotopic (exact) mass is 322 g/mol. The highest BCUT2D eigenvalue weighted by molar-refractivity contribution is 6.08. The van der Waals surface area contributed by atoms with Crippen molar-refractivity contribution in [1.29, 1.82) is 0 Å². The van der Waals surface area contributed by atoms with Gasteiger partial charge in [-0.1, -0.05) is 23.8 Å². The first-order chi connectivity index (χ1) is 11.5. The van der Waals surface area contributed by atoms with E-state index in [-0.39, 0.29) is 5.91 Å². The molecule has 4 nitrogen and oxygen atoms in total. The molecule has 1 atom stereocenters. The number of ether oxygens (including phenoxy) is 1. The normalized spacial score (nSPS) is 18.7. The van der Waals surface area contributed by atoms with Crippen LogP contribution >= 0.6 is 0 Å². The van der Waals surface area contributed by atoms with Crippen molar-refractivity contribution in [3.05, 3.63) is 65.7 Å². The largest absolute Gasteiger partial charge is 0.497 e. The molecule has 2 aromatic rings. The van der Waals surface area contributed by atoms with Gasteiger partial charge < -0.3 is 15.4 Å². The Kier molecular flexibility index (Phi) is 4.06. The summed E-state index contributed by atoms with van der Waals surface area (Å²) in [5.74, 6) is 0.725. The summed E-state index contributed by atoms with van der Waals surface area (Å²) in [6, 6.07) is 11.7.